The largest absolute Gasteiger partial charge is 0.508 e. The summed E-state index contributed by atoms with van der Waals surface area (Å²) < 4.78 is 44.6. The fourth-order valence-corrected chi connectivity index (χ4v) is 17.1. The number of hydrogen-bond acceptors (Lipinski definition) is 31. The van der Waals surface area contributed by atoms with E-state index < -0.39 is 271 Å². The SMILES string of the molecule is CCCCCCCCCCC(=O)N[C@H]1[C@H](Oc2c3cc4cc2Oc2ccc(cc2Cl)[C@@H](O)[C@@H]2NC(=O)[C@H](NC(=O)[C@@H]4NC(=O)[C@H]4NC(=O)[C@@H](Cc5ccc(cc5)O3)NC(=O)[C@@H](NC)c3ccc(O)c(c3)Oc3cc(O)c(Cl)c4c3)c3ccc(O)c(c3)-c3c(O[C@H]4O[C@H](CO)[C@@H](O)[C@H](O)[C@@H]4O)cc(O)cc3[C@@H](C(=O)NCCCN(CCCN)CCCN)NC2=O)O[C@H](C(=O)O)[C@@H](O)[C@@H]1O. The molecule has 7 aromatic carbocycles. The summed E-state index contributed by atoms with van der Waals surface area (Å²) in [7, 11) is 1.43. The number of aliphatic carboxylic acids is 1. The monoisotopic (exact) mass is 1890 g/mol. The Bertz CT molecular complexity index is 5420. The van der Waals surface area contributed by atoms with Crippen LogP contribution in [0.1, 0.15) is 159 Å². The number of aromatic hydroxyl groups is 4. The highest BCUT2D eigenvalue weighted by Gasteiger charge is 2.52. The van der Waals surface area contributed by atoms with Gasteiger partial charge in [0.2, 0.25) is 65.6 Å². The van der Waals surface area contributed by atoms with Crippen LogP contribution in [-0.4, -0.2) is 246 Å². The maximum absolute atomic E-state index is 16.9. The number of rotatable bonds is 28. The fourth-order valence-electron chi connectivity index (χ4n) is 16.7. The van der Waals surface area contributed by atoms with Gasteiger partial charge in [-0.3, -0.25) is 38.4 Å². The maximum Gasteiger partial charge on any atom is 0.335 e. The van der Waals surface area contributed by atoms with Crippen molar-refractivity contribution in [1.29, 1.82) is 0 Å². The molecule has 8 aliphatic rings. The van der Waals surface area contributed by atoms with Crippen LogP contribution in [0.4, 0.5) is 0 Å². The van der Waals surface area contributed by atoms with Gasteiger partial charge in [-0.1, -0.05) is 105 Å². The molecule has 0 radical (unpaired) electrons. The number of phenols is 4. The van der Waals surface area contributed by atoms with Gasteiger partial charge >= 0.3 is 5.97 Å². The molecule has 8 heterocycles. The van der Waals surface area contributed by atoms with Gasteiger partial charge in [0.25, 0.3) is 0 Å². The highest BCUT2D eigenvalue weighted by molar-refractivity contribution is 6.33. The third-order valence-electron chi connectivity index (χ3n) is 23.8. The van der Waals surface area contributed by atoms with Crippen LogP contribution in [0.2, 0.25) is 10.0 Å². The van der Waals surface area contributed by atoms with Gasteiger partial charge in [0, 0.05) is 48.2 Å². The number of aliphatic hydroxyl groups excluding tert-OH is 7. The van der Waals surface area contributed by atoms with Crippen molar-refractivity contribution >= 4 is 76.4 Å². The predicted octanol–water partition coefficient (Wildman–Crippen LogP) is 3.36. The molecule has 133 heavy (non-hydrogen) atoms. The Balaban J connectivity index is 1.04. The van der Waals surface area contributed by atoms with Crippen LogP contribution in [0.15, 0.2) is 115 Å². The number of hydrogen-bond donors (Lipinski definition) is 23. The molecule has 15 rings (SSSR count). The third-order valence-corrected chi connectivity index (χ3v) is 24.5. The summed E-state index contributed by atoms with van der Waals surface area (Å²) in [5, 5.41) is 162. The highest BCUT2D eigenvalue weighted by atomic mass is 35.5. The lowest BCUT2D eigenvalue weighted by molar-refractivity contribution is -0.277. The van der Waals surface area contributed by atoms with Crippen LogP contribution in [0, 0.1) is 0 Å². The number of benzene rings is 7. The van der Waals surface area contributed by atoms with Gasteiger partial charge in [-0.15, -0.1) is 0 Å². The van der Waals surface area contributed by atoms with Crippen molar-refractivity contribution in [1.82, 2.24) is 52.8 Å². The minimum atomic E-state index is -2.46. The van der Waals surface area contributed by atoms with E-state index in [1.165, 1.54) is 49.5 Å². The van der Waals surface area contributed by atoms with Crippen molar-refractivity contribution in [3.05, 3.63) is 164 Å². The van der Waals surface area contributed by atoms with Gasteiger partial charge < -0.3 is 159 Å². The van der Waals surface area contributed by atoms with Crippen LogP contribution < -0.4 is 83.0 Å². The number of aliphatic hydroxyl groups is 7. The second kappa shape index (κ2) is 44.3. The predicted molar refractivity (Wildman–Crippen MR) is 473 cm³/mol. The smallest absolute Gasteiger partial charge is 0.335 e. The van der Waals surface area contributed by atoms with E-state index in [9.17, 15) is 75.7 Å². The summed E-state index contributed by atoms with van der Waals surface area (Å²) in [4.78, 5) is 141. The number of carboxylic acid groups (broad SMARTS) is 1. The Morgan fingerprint density at radius 3 is 1.86 bits per heavy atom. The van der Waals surface area contributed by atoms with Crippen LogP contribution in [-0.2, 0) is 59.0 Å². The van der Waals surface area contributed by atoms with Crippen LogP contribution >= 0.6 is 23.2 Å². The molecule has 714 valence electrons. The molecule has 42 heteroatoms. The average Bonchev–Trinajstić information content (AvgIpc) is 0.751. The number of ether oxygens (including phenoxy) is 7. The lowest BCUT2D eigenvalue weighted by atomic mass is 9.89. The minimum Gasteiger partial charge on any atom is -0.508 e. The Hall–Kier alpha value is -12.0. The normalized spacial score (nSPS) is 25.3. The van der Waals surface area contributed by atoms with Gasteiger partial charge in [0.05, 0.1) is 16.7 Å². The minimum absolute atomic E-state index is 0.132. The Labute approximate surface area is 771 Å². The van der Waals surface area contributed by atoms with Gasteiger partial charge in [0.15, 0.2) is 29.1 Å². The van der Waals surface area contributed by atoms with E-state index in [0.29, 0.717) is 64.0 Å². The van der Waals surface area contributed by atoms with Crippen molar-refractivity contribution < 1.29 is 138 Å². The van der Waals surface area contributed by atoms with E-state index in [-0.39, 0.29) is 47.8 Å². The molecular weight excluding hydrogens is 1780 g/mol. The molecular formula is C91H108Cl2N12O28. The van der Waals surface area contributed by atoms with Gasteiger partial charge in [-0.25, -0.2) is 4.79 Å². The molecule has 40 nitrogen and oxygen atoms in total. The lowest BCUT2D eigenvalue weighted by Gasteiger charge is -2.41. The van der Waals surface area contributed by atoms with E-state index in [4.69, 9.17) is 67.8 Å². The number of fused-ring (bicyclic) bond motifs is 14. The fraction of sp³-hybridized carbons (Fsp3) is 0.440. The molecule has 25 N–H and O–H groups in total. The van der Waals surface area contributed by atoms with Gasteiger partial charge in [0.1, 0.15) is 131 Å². The summed E-state index contributed by atoms with van der Waals surface area (Å²) in [5.74, 6) is -18.1. The molecule has 2 saturated heterocycles. The molecule has 0 saturated carbocycles. The number of halogens is 2. The van der Waals surface area contributed by atoms with Gasteiger partial charge in [-0.05, 0) is 172 Å². The van der Waals surface area contributed by atoms with E-state index in [2.05, 4.69) is 59.7 Å². The number of carbonyl (C=O) groups excluding carboxylic acids is 8. The van der Waals surface area contributed by atoms with E-state index in [1.807, 2.05) is 0 Å². The molecule has 8 aliphatic heterocycles. The molecule has 2 fully saturated rings. The zero-order valence-corrected chi connectivity index (χ0v) is 73.8. The summed E-state index contributed by atoms with van der Waals surface area (Å²) in [6.07, 6.45) is -13.7. The quantitative estimate of drug-likeness (QED) is 0.0313. The molecule has 18 atom stereocenters. The average molecular weight is 1890 g/mol. The van der Waals surface area contributed by atoms with E-state index in [1.54, 1.807) is 0 Å². The van der Waals surface area contributed by atoms with Crippen LogP contribution in [0.5, 0.6) is 69.0 Å². The first-order valence-corrected chi connectivity index (χ1v) is 44.5. The second-order valence-corrected chi connectivity index (χ2v) is 34.0. The number of unbranched alkanes of at least 4 members (excludes halogenated alkanes) is 7. The maximum atomic E-state index is 16.9. The molecule has 17 bridgehead atoms. The topological polar surface area (TPSA) is 625 Å². The standard InChI is InChI=1S/C91H108Cl2N12O28/c1-3-4-5-6-7-8-9-10-14-64(111)99-73-76(114)78(116)81(89(125)126)133-90(73)132-80-61-35-46-36-62(80)129-58-24-19-45(33-53(58)92)74(112)72-88(124)103-70(83(119)97-27-13-30-105(28-11-25-94)29-12-26-95)51-37-47(107)38-60(130-91-79(117)77(115)75(113)63(41-106)131-91)65(51)50-32-43(17-22-55(50)108)68(85(121)104-72)100-86(122)69(46)101-87(123)71-52-39-49(40-57(110)66(52)93)128-59-34-44(18-23-56(59)109)67(96-2)84(120)98-54(82(118)102-71)31-42-15-20-48(127-61)21-16-42/h15-24,32-40,54,63,67-79,81,90-91,96,106-110,112-117H,3-14,25-31,41,94-95H2,1-2H3,(H,97,119)(H,98,120)(H,99,111)(H,100,122)(H,101,123)(H,102,118)(H,103,124)(H,104,121)(H,125,126)/t54-,63-,67+,68-,69-,70+,71+,72+,73-,74-,75-,76-,77+,78+,79+,81+,90-,91+/m1/s1. The Morgan fingerprint density at radius 2 is 1.17 bits per heavy atom. The number of carboxylic acids is 1. The van der Waals surface area contributed by atoms with Crippen molar-refractivity contribution in [2.24, 2.45) is 11.5 Å². The number of phenolic OH excluding ortho intramolecular Hbond substituents is 4. The first-order valence-electron chi connectivity index (χ1n) is 43.7. The number of carbonyl (C=O) groups is 9. The molecule has 0 unspecified atom stereocenters. The molecule has 0 aromatic heterocycles. The zero-order chi connectivity index (χ0) is 95.3. The van der Waals surface area contributed by atoms with E-state index in [0.717, 1.165) is 111 Å². The molecule has 0 spiro atoms. The number of amides is 8. The second-order valence-electron chi connectivity index (χ2n) is 33.2. The molecule has 7 aromatic rings. The number of nitrogens with zero attached hydrogens (tertiary/aromatic N) is 1. The number of likely N-dealkylation sites (N-methyl/N-ethyl adjacent to an activating group) is 1. The summed E-state index contributed by atoms with van der Waals surface area (Å²) in [5.41, 5.74) is 9.01. The van der Waals surface area contributed by atoms with Crippen molar-refractivity contribution in [3.63, 3.8) is 0 Å². The van der Waals surface area contributed by atoms with Crippen molar-refractivity contribution in [3.8, 4) is 80.1 Å². The van der Waals surface area contributed by atoms with Crippen LogP contribution in [0.25, 0.3) is 11.1 Å². The summed E-state index contributed by atoms with van der Waals surface area (Å²) in [6.45, 7) is 3.20. The first kappa shape index (κ1) is 98.5. The zero-order valence-electron chi connectivity index (χ0n) is 72.3. The Kier molecular flexibility index (Phi) is 32.8. The summed E-state index contributed by atoms with van der Waals surface area (Å²) in [6, 6.07) is 5.56. The Morgan fingerprint density at radius 1 is 0.541 bits per heavy atom. The number of nitrogens with one attached hydrogen (secondary N) is 9. The van der Waals surface area contributed by atoms with Crippen molar-refractivity contribution in [2.45, 2.75) is 200 Å². The van der Waals surface area contributed by atoms with E-state index >= 15 is 28.8 Å². The lowest BCUT2D eigenvalue weighted by Crippen LogP contribution is -2.66. The highest BCUT2D eigenvalue weighted by Crippen LogP contribution is 2.51. The first-order chi connectivity index (χ1) is 63.8. The number of nitrogens with two attached hydrogens (primary N) is 2. The molecule has 0 aliphatic carbocycles. The van der Waals surface area contributed by atoms with Crippen molar-refractivity contribution in [2.75, 3.05) is 52.9 Å². The third kappa shape index (κ3) is 22.9. The van der Waals surface area contributed by atoms with Crippen LogP contribution in [0.3, 0.4) is 0 Å². The van der Waals surface area contributed by atoms with Gasteiger partial charge in [-0.2, -0.15) is 0 Å². The summed E-state index contributed by atoms with van der Waals surface area (Å²) >= 11 is 14.4. The molecule has 8 amide bonds.